The maximum Gasteiger partial charge on any atom is 0.0502 e. The van der Waals surface area contributed by atoms with Crippen LogP contribution in [0.5, 0.6) is 0 Å². The smallest absolute Gasteiger partial charge is 0.0502 e. The second-order valence-electron chi connectivity index (χ2n) is 3.50. The van der Waals surface area contributed by atoms with Gasteiger partial charge in [-0.05, 0) is 23.3 Å². The molecule has 0 aliphatic heterocycles. The van der Waals surface area contributed by atoms with Crippen LogP contribution >= 0.6 is 23.2 Å². The van der Waals surface area contributed by atoms with E-state index in [1.807, 2.05) is 42.5 Å². The Balaban J connectivity index is 2.58. The van der Waals surface area contributed by atoms with E-state index >= 15 is 0 Å². The molecule has 0 unspecified atom stereocenters. The van der Waals surface area contributed by atoms with Crippen LogP contribution in [0.25, 0.3) is 11.1 Å². The molecular formula is C13H11Cl2N. The van der Waals surface area contributed by atoms with Gasteiger partial charge in [-0.3, -0.25) is 0 Å². The molecule has 2 rings (SSSR count). The van der Waals surface area contributed by atoms with Crippen molar-refractivity contribution in [1.82, 2.24) is 0 Å². The van der Waals surface area contributed by atoms with Crippen molar-refractivity contribution in [2.45, 2.75) is 6.54 Å². The van der Waals surface area contributed by atoms with Crippen LogP contribution in [0.4, 0.5) is 0 Å². The normalized spacial score (nSPS) is 10.4. The van der Waals surface area contributed by atoms with Crippen LogP contribution in [0.15, 0.2) is 42.5 Å². The minimum absolute atomic E-state index is 0.439. The Morgan fingerprint density at radius 1 is 0.938 bits per heavy atom. The molecule has 2 N–H and O–H groups in total. The highest BCUT2D eigenvalue weighted by Crippen LogP contribution is 2.35. The second-order valence-corrected chi connectivity index (χ2v) is 4.32. The fourth-order valence-electron chi connectivity index (χ4n) is 1.62. The molecule has 3 heteroatoms. The quantitative estimate of drug-likeness (QED) is 0.854. The molecule has 0 aliphatic carbocycles. The van der Waals surface area contributed by atoms with Gasteiger partial charge in [0.05, 0.1) is 10.0 Å². The van der Waals surface area contributed by atoms with Gasteiger partial charge in [-0.2, -0.15) is 0 Å². The SMILES string of the molecule is NCc1cc(Cl)c(-c2ccccc2)c(Cl)c1. The first-order valence-electron chi connectivity index (χ1n) is 4.96. The molecule has 16 heavy (non-hydrogen) atoms. The van der Waals surface area contributed by atoms with Crippen molar-refractivity contribution in [2.24, 2.45) is 5.73 Å². The van der Waals surface area contributed by atoms with E-state index in [1.54, 1.807) is 0 Å². The summed E-state index contributed by atoms with van der Waals surface area (Å²) in [6.07, 6.45) is 0. The van der Waals surface area contributed by atoms with Gasteiger partial charge in [0, 0.05) is 12.1 Å². The molecule has 0 saturated carbocycles. The molecule has 0 aliphatic rings. The van der Waals surface area contributed by atoms with Crippen molar-refractivity contribution in [2.75, 3.05) is 0 Å². The van der Waals surface area contributed by atoms with E-state index in [9.17, 15) is 0 Å². The number of hydrogen-bond donors (Lipinski definition) is 1. The molecule has 2 aromatic rings. The lowest BCUT2D eigenvalue weighted by Gasteiger charge is -2.09. The fourth-order valence-corrected chi connectivity index (χ4v) is 2.37. The molecule has 0 fully saturated rings. The zero-order chi connectivity index (χ0) is 11.5. The minimum Gasteiger partial charge on any atom is -0.326 e. The Bertz CT molecular complexity index is 472. The van der Waals surface area contributed by atoms with Crippen LogP contribution in [0.2, 0.25) is 10.0 Å². The lowest BCUT2D eigenvalue weighted by Crippen LogP contribution is -1.96. The van der Waals surface area contributed by atoms with Gasteiger partial charge in [-0.25, -0.2) is 0 Å². The van der Waals surface area contributed by atoms with Crippen molar-refractivity contribution >= 4 is 23.2 Å². The zero-order valence-corrected chi connectivity index (χ0v) is 10.1. The van der Waals surface area contributed by atoms with E-state index in [-0.39, 0.29) is 0 Å². The topological polar surface area (TPSA) is 26.0 Å². The Labute approximate surface area is 105 Å². The Kier molecular flexibility index (Phi) is 3.49. The predicted molar refractivity (Wildman–Crippen MR) is 69.8 cm³/mol. The van der Waals surface area contributed by atoms with E-state index in [0.29, 0.717) is 16.6 Å². The monoisotopic (exact) mass is 251 g/mol. The van der Waals surface area contributed by atoms with Gasteiger partial charge in [0.1, 0.15) is 0 Å². The highest BCUT2D eigenvalue weighted by molar-refractivity contribution is 6.39. The lowest BCUT2D eigenvalue weighted by molar-refractivity contribution is 1.07. The van der Waals surface area contributed by atoms with Crippen LogP contribution in [0, 0.1) is 0 Å². The van der Waals surface area contributed by atoms with Gasteiger partial charge >= 0.3 is 0 Å². The summed E-state index contributed by atoms with van der Waals surface area (Å²) in [5.74, 6) is 0. The van der Waals surface area contributed by atoms with Crippen molar-refractivity contribution < 1.29 is 0 Å². The van der Waals surface area contributed by atoms with Gasteiger partial charge < -0.3 is 5.73 Å². The maximum atomic E-state index is 6.21. The highest BCUT2D eigenvalue weighted by Gasteiger charge is 2.09. The Morgan fingerprint density at radius 2 is 1.50 bits per heavy atom. The predicted octanol–water partition coefficient (Wildman–Crippen LogP) is 4.12. The number of hydrogen-bond acceptors (Lipinski definition) is 1. The maximum absolute atomic E-state index is 6.21. The van der Waals surface area contributed by atoms with E-state index in [4.69, 9.17) is 28.9 Å². The molecule has 0 atom stereocenters. The number of benzene rings is 2. The lowest BCUT2D eigenvalue weighted by atomic mass is 10.0. The molecular weight excluding hydrogens is 241 g/mol. The molecule has 82 valence electrons. The standard InChI is InChI=1S/C13H11Cl2N/c14-11-6-9(8-16)7-12(15)13(11)10-4-2-1-3-5-10/h1-7H,8,16H2. The molecule has 0 bridgehead atoms. The first-order valence-corrected chi connectivity index (χ1v) is 5.71. The number of rotatable bonds is 2. The Morgan fingerprint density at radius 3 is 2.00 bits per heavy atom. The largest absolute Gasteiger partial charge is 0.326 e. The minimum atomic E-state index is 0.439. The third kappa shape index (κ3) is 2.22. The summed E-state index contributed by atoms with van der Waals surface area (Å²) >= 11 is 12.4. The summed E-state index contributed by atoms with van der Waals surface area (Å²) in [5, 5.41) is 1.28. The summed E-state index contributed by atoms with van der Waals surface area (Å²) in [6, 6.07) is 13.5. The molecule has 1 nitrogen and oxygen atoms in total. The fraction of sp³-hybridized carbons (Fsp3) is 0.0769. The van der Waals surface area contributed by atoms with Crippen molar-refractivity contribution in [3.8, 4) is 11.1 Å². The van der Waals surface area contributed by atoms with Crippen LogP contribution in [-0.4, -0.2) is 0 Å². The summed E-state index contributed by atoms with van der Waals surface area (Å²) < 4.78 is 0. The van der Waals surface area contributed by atoms with Crippen molar-refractivity contribution in [1.29, 1.82) is 0 Å². The summed E-state index contributed by atoms with van der Waals surface area (Å²) in [6.45, 7) is 0.439. The van der Waals surface area contributed by atoms with Gasteiger partial charge in [-0.1, -0.05) is 53.5 Å². The third-order valence-corrected chi connectivity index (χ3v) is 3.00. The first kappa shape index (κ1) is 11.5. The average molecular weight is 252 g/mol. The van der Waals surface area contributed by atoms with E-state index < -0.39 is 0 Å². The van der Waals surface area contributed by atoms with Crippen molar-refractivity contribution in [3.63, 3.8) is 0 Å². The second kappa shape index (κ2) is 4.88. The van der Waals surface area contributed by atoms with E-state index in [1.165, 1.54) is 0 Å². The molecule has 2 aromatic carbocycles. The molecule has 0 amide bonds. The van der Waals surface area contributed by atoms with Crippen LogP contribution in [0.1, 0.15) is 5.56 Å². The van der Waals surface area contributed by atoms with Crippen LogP contribution < -0.4 is 5.73 Å². The van der Waals surface area contributed by atoms with Crippen LogP contribution in [0.3, 0.4) is 0 Å². The summed E-state index contributed by atoms with van der Waals surface area (Å²) in [4.78, 5) is 0. The number of halogens is 2. The van der Waals surface area contributed by atoms with Gasteiger partial charge in [-0.15, -0.1) is 0 Å². The Hall–Kier alpha value is -1.02. The van der Waals surface area contributed by atoms with E-state index in [2.05, 4.69) is 0 Å². The average Bonchev–Trinajstić information content (AvgIpc) is 2.29. The molecule has 0 aromatic heterocycles. The van der Waals surface area contributed by atoms with Gasteiger partial charge in [0.2, 0.25) is 0 Å². The zero-order valence-electron chi connectivity index (χ0n) is 8.58. The van der Waals surface area contributed by atoms with Crippen LogP contribution in [-0.2, 0) is 6.54 Å². The number of nitrogens with two attached hydrogens (primary N) is 1. The molecule has 0 radical (unpaired) electrons. The molecule has 0 heterocycles. The first-order chi connectivity index (χ1) is 7.72. The molecule has 0 saturated heterocycles. The third-order valence-electron chi connectivity index (χ3n) is 2.40. The highest BCUT2D eigenvalue weighted by atomic mass is 35.5. The van der Waals surface area contributed by atoms with Gasteiger partial charge in [0.15, 0.2) is 0 Å². The summed E-state index contributed by atoms with van der Waals surface area (Å²) in [7, 11) is 0. The summed E-state index contributed by atoms with van der Waals surface area (Å²) in [5.41, 5.74) is 8.38. The van der Waals surface area contributed by atoms with Gasteiger partial charge in [0.25, 0.3) is 0 Å². The van der Waals surface area contributed by atoms with Crippen molar-refractivity contribution in [3.05, 3.63) is 58.1 Å². The molecule has 0 spiro atoms. The van der Waals surface area contributed by atoms with E-state index in [0.717, 1.165) is 16.7 Å².